The van der Waals surface area contributed by atoms with Crippen molar-refractivity contribution < 1.29 is 13.2 Å². The molecule has 19 heavy (non-hydrogen) atoms. The van der Waals surface area contributed by atoms with Crippen molar-refractivity contribution in [1.82, 2.24) is 5.32 Å². The van der Waals surface area contributed by atoms with E-state index in [1.165, 1.54) is 18.2 Å². The summed E-state index contributed by atoms with van der Waals surface area (Å²) in [5, 5.41) is 10.4. The summed E-state index contributed by atoms with van der Waals surface area (Å²) in [5.74, 6) is 0. The van der Waals surface area contributed by atoms with Crippen LogP contribution in [0.2, 0.25) is 0 Å². The minimum absolute atomic E-state index is 0.0267. The van der Waals surface area contributed by atoms with Crippen molar-refractivity contribution in [1.29, 1.82) is 0 Å². The van der Waals surface area contributed by atoms with Crippen molar-refractivity contribution in [2.45, 2.75) is 31.2 Å². The van der Waals surface area contributed by atoms with Gasteiger partial charge < -0.3 is 10.6 Å². The van der Waals surface area contributed by atoms with Gasteiger partial charge in [0.05, 0.1) is 10.6 Å². The molecular weight excluding hydrogens is 334 g/mol. The predicted molar refractivity (Wildman–Crippen MR) is 77.4 cm³/mol. The Morgan fingerprint density at radius 1 is 1.32 bits per heavy atom. The summed E-state index contributed by atoms with van der Waals surface area (Å²) in [4.78, 5) is 11.6. The minimum Gasteiger partial charge on any atom is -0.333 e. The van der Waals surface area contributed by atoms with Crippen LogP contribution in [0.5, 0.6) is 0 Å². The number of nitrogens with one attached hydrogen (secondary N) is 2. The van der Waals surface area contributed by atoms with Gasteiger partial charge in [-0.1, -0.05) is 0 Å². The Kier molecular flexibility index (Phi) is 4.59. The van der Waals surface area contributed by atoms with Crippen LogP contribution in [0.1, 0.15) is 20.8 Å². The second-order valence-electron chi connectivity index (χ2n) is 5.02. The largest absolute Gasteiger partial charge is 0.333 e. The quantitative estimate of drug-likeness (QED) is 0.760. The van der Waals surface area contributed by atoms with Crippen LogP contribution in [-0.2, 0) is 10.0 Å². The third-order valence-electron chi connectivity index (χ3n) is 2.01. The van der Waals surface area contributed by atoms with Gasteiger partial charge in [0.1, 0.15) is 0 Å². The number of carbonyl (C=O) groups excluding carboxylic acids is 1. The normalized spacial score (nSPS) is 12.1. The molecular formula is C11H16BrN3O3S. The Balaban J connectivity index is 2.90. The first kappa shape index (κ1) is 15.9. The summed E-state index contributed by atoms with van der Waals surface area (Å²) >= 11 is 3.19. The first-order valence-electron chi connectivity index (χ1n) is 5.40. The number of nitrogens with two attached hydrogens (primary N) is 1. The average Bonchev–Trinajstić information content (AvgIpc) is 2.16. The zero-order valence-corrected chi connectivity index (χ0v) is 13.2. The predicted octanol–water partition coefficient (Wildman–Crippen LogP) is 2.02. The highest BCUT2D eigenvalue weighted by atomic mass is 79.9. The molecule has 0 atom stereocenters. The molecule has 0 fully saturated rings. The summed E-state index contributed by atoms with van der Waals surface area (Å²) in [5.41, 5.74) is 0.0889. The van der Waals surface area contributed by atoms with Crippen molar-refractivity contribution in [2.24, 2.45) is 5.14 Å². The van der Waals surface area contributed by atoms with Crippen LogP contribution in [0, 0.1) is 0 Å². The number of benzene rings is 1. The first-order valence-corrected chi connectivity index (χ1v) is 7.74. The van der Waals surface area contributed by atoms with Crippen molar-refractivity contribution in [2.75, 3.05) is 5.32 Å². The molecule has 0 aliphatic heterocycles. The van der Waals surface area contributed by atoms with Gasteiger partial charge in [-0.05, 0) is 54.9 Å². The molecule has 0 saturated carbocycles. The highest BCUT2D eigenvalue weighted by Crippen LogP contribution is 2.25. The van der Waals surface area contributed by atoms with Gasteiger partial charge in [-0.15, -0.1) is 0 Å². The van der Waals surface area contributed by atoms with Gasteiger partial charge in [-0.2, -0.15) is 0 Å². The summed E-state index contributed by atoms with van der Waals surface area (Å²) in [6.45, 7) is 5.56. The molecule has 8 heteroatoms. The lowest BCUT2D eigenvalue weighted by molar-refractivity contribution is 0.244. The molecule has 0 bridgehead atoms. The second-order valence-corrected chi connectivity index (χ2v) is 7.43. The Labute approximate surface area is 120 Å². The van der Waals surface area contributed by atoms with Crippen LogP contribution in [-0.4, -0.2) is 20.0 Å². The number of primary sulfonamides is 1. The monoisotopic (exact) mass is 349 g/mol. The maximum absolute atomic E-state index is 11.7. The topological polar surface area (TPSA) is 101 Å². The van der Waals surface area contributed by atoms with Gasteiger partial charge in [0, 0.05) is 10.0 Å². The lowest BCUT2D eigenvalue weighted by Crippen LogP contribution is -2.43. The first-order chi connectivity index (χ1) is 8.49. The van der Waals surface area contributed by atoms with Gasteiger partial charge in [-0.3, -0.25) is 0 Å². The number of urea groups is 1. The third-order valence-corrected chi connectivity index (χ3v) is 3.57. The molecule has 1 aromatic rings. The van der Waals surface area contributed by atoms with E-state index in [4.69, 9.17) is 5.14 Å². The highest BCUT2D eigenvalue weighted by molar-refractivity contribution is 9.10. The standard InChI is InChI=1S/C11H16BrN3O3S/c1-11(2,3)15-10(16)14-9-5-4-7(6-8(9)12)19(13,17)18/h4-6H,1-3H3,(H2,13,17,18)(H2,14,15,16). The molecule has 0 heterocycles. The maximum atomic E-state index is 11.7. The lowest BCUT2D eigenvalue weighted by Gasteiger charge is -2.21. The van der Waals surface area contributed by atoms with Crippen LogP contribution in [0.15, 0.2) is 27.6 Å². The van der Waals surface area contributed by atoms with Crippen LogP contribution < -0.4 is 15.8 Å². The number of amides is 2. The van der Waals surface area contributed by atoms with Gasteiger partial charge >= 0.3 is 6.03 Å². The number of rotatable bonds is 2. The lowest BCUT2D eigenvalue weighted by atomic mass is 10.1. The second kappa shape index (κ2) is 5.48. The van der Waals surface area contributed by atoms with Gasteiger partial charge in [-0.25, -0.2) is 18.4 Å². The maximum Gasteiger partial charge on any atom is 0.319 e. The molecule has 1 aromatic carbocycles. The van der Waals surface area contributed by atoms with Crippen molar-refractivity contribution in [3.05, 3.63) is 22.7 Å². The van der Waals surface area contributed by atoms with E-state index in [0.29, 0.717) is 10.2 Å². The smallest absolute Gasteiger partial charge is 0.319 e. The minimum atomic E-state index is -3.76. The van der Waals surface area contributed by atoms with Crippen molar-refractivity contribution in [3.63, 3.8) is 0 Å². The number of sulfonamides is 1. The molecule has 106 valence electrons. The fourth-order valence-corrected chi connectivity index (χ4v) is 2.44. The molecule has 0 unspecified atom stereocenters. The SMILES string of the molecule is CC(C)(C)NC(=O)Nc1ccc(S(N)(=O)=O)cc1Br. The number of halogens is 1. The van der Waals surface area contributed by atoms with Crippen molar-refractivity contribution >= 4 is 37.7 Å². The number of carbonyl (C=O) groups is 1. The molecule has 0 spiro atoms. The number of hydrogen-bond acceptors (Lipinski definition) is 3. The zero-order valence-electron chi connectivity index (χ0n) is 10.8. The van der Waals surface area contributed by atoms with Gasteiger partial charge in [0.15, 0.2) is 0 Å². The number of hydrogen-bond donors (Lipinski definition) is 3. The van der Waals surface area contributed by atoms with Crippen LogP contribution in [0.25, 0.3) is 0 Å². The molecule has 6 nitrogen and oxygen atoms in total. The Morgan fingerprint density at radius 2 is 1.89 bits per heavy atom. The Hall–Kier alpha value is -1.12. The summed E-state index contributed by atoms with van der Waals surface area (Å²) in [6, 6.07) is 3.75. The fraction of sp³-hybridized carbons (Fsp3) is 0.364. The van der Waals surface area contributed by atoms with Crippen LogP contribution >= 0.6 is 15.9 Å². The molecule has 0 aliphatic rings. The fourth-order valence-electron chi connectivity index (χ4n) is 1.27. The Morgan fingerprint density at radius 3 is 2.32 bits per heavy atom. The van der Waals surface area contributed by atoms with E-state index in [0.717, 1.165) is 0 Å². The van der Waals surface area contributed by atoms with E-state index >= 15 is 0 Å². The molecule has 2 amide bonds. The van der Waals surface area contributed by atoms with E-state index in [1.807, 2.05) is 20.8 Å². The molecule has 0 aromatic heterocycles. The number of anilines is 1. The summed E-state index contributed by atoms with van der Waals surface area (Å²) in [6.07, 6.45) is 0. The zero-order chi connectivity index (χ0) is 14.8. The molecule has 1 rings (SSSR count). The average molecular weight is 350 g/mol. The van der Waals surface area contributed by atoms with Crippen molar-refractivity contribution in [3.8, 4) is 0 Å². The van der Waals surface area contributed by atoms with Crippen LogP contribution in [0.4, 0.5) is 10.5 Å². The van der Waals surface area contributed by atoms with Crippen LogP contribution in [0.3, 0.4) is 0 Å². The summed E-state index contributed by atoms with van der Waals surface area (Å²) in [7, 11) is -3.76. The van der Waals surface area contributed by atoms with E-state index in [1.54, 1.807) is 0 Å². The van der Waals surface area contributed by atoms with E-state index in [-0.39, 0.29) is 16.5 Å². The molecule has 0 aliphatic carbocycles. The molecule has 4 N–H and O–H groups in total. The molecule has 0 saturated heterocycles. The van der Waals surface area contributed by atoms with E-state index in [9.17, 15) is 13.2 Å². The third kappa shape index (κ3) is 5.17. The summed E-state index contributed by atoms with van der Waals surface area (Å²) < 4.78 is 22.8. The van der Waals surface area contributed by atoms with Gasteiger partial charge in [0.25, 0.3) is 0 Å². The Bertz CT molecular complexity index is 594. The van der Waals surface area contributed by atoms with Gasteiger partial charge in [0.2, 0.25) is 10.0 Å². The molecule has 0 radical (unpaired) electrons. The highest BCUT2D eigenvalue weighted by Gasteiger charge is 2.15. The van der Waals surface area contributed by atoms with E-state index < -0.39 is 10.0 Å². The van der Waals surface area contributed by atoms with E-state index in [2.05, 4.69) is 26.6 Å².